The maximum Gasteiger partial charge on any atom is 0.319 e. The Bertz CT molecular complexity index is 3060. The van der Waals surface area contributed by atoms with Crippen molar-refractivity contribution in [3.63, 3.8) is 0 Å². The van der Waals surface area contributed by atoms with Gasteiger partial charge in [-0.2, -0.15) is 9.97 Å². The topological polar surface area (TPSA) is 76.0 Å². The largest absolute Gasteiger partial charge is 0.461 e. The number of halogens is 5. The first-order valence-electron chi connectivity index (χ1n) is 25.1. The summed E-state index contributed by atoms with van der Waals surface area (Å²) in [5.41, 5.74) is 4.21. The van der Waals surface area contributed by atoms with Crippen molar-refractivity contribution in [2.24, 2.45) is 10.9 Å². The molecule has 0 unspecified atom stereocenters. The van der Waals surface area contributed by atoms with Gasteiger partial charge in [0.2, 0.25) is 0 Å². The molecule has 0 radical (unpaired) electrons. The van der Waals surface area contributed by atoms with Crippen LogP contribution in [0.2, 0.25) is 16.6 Å². The smallest absolute Gasteiger partial charge is 0.319 e. The average molecular weight is 959 g/mol. The second-order valence-electron chi connectivity index (χ2n) is 19.9. The number of aromatic nitrogens is 3. The first-order chi connectivity index (χ1) is 34.0. The van der Waals surface area contributed by atoms with Gasteiger partial charge in [-0.05, 0) is 59.6 Å². The van der Waals surface area contributed by atoms with Crippen LogP contribution in [0, 0.1) is 34.8 Å². The zero-order valence-electron chi connectivity index (χ0n) is 41.7. The number of hydrogen-bond donors (Lipinski definition) is 0. The Morgan fingerprint density at radius 3 is 2.30 bits per heavy atom. The van der Waals surface area contributed by atoms with Crippen molar-refractivity contribution in [2.75, 3.05) is 44.3 Å². The zero-order valence-corrected chi connectivity index (χ0v) is 40.7. The van der Waals surface area contributed by atoms with Crippen molar-refractivity contribution < 1.29 is 34.2 Å². The summed E-state index contributed by atoms with van der Waals surface area (Å²) < 4.78 is 112. The molecule has 1 saturated carbocycles. The third kappa shape index (κ3) is 8.38. The normalized spacial score (nSPS) is 23.1. The molecule has 3 aliphatic heterocycles. The van der Waals surface area contributed by atoms with Gasteiger partial charge in [-0.1, -0.05) is 108 Å². The quantitative estimate of drug-likeness (QED) is 0.0554. The fourth-order valence-corrected chi connectivity index (χ4v) is 16.8. The van der Waals surface area contributed by atoms with Gasteiger partial charge < -0.3 is 14.4 Å². The predicted molar refractivity (Wildman–Crippen MR) is 265 cm³/mol. The van der Waals surface area contributed by atoms with E-state index in [0.29, 0.717) is 25.1 Å². The van der Waals surface area contributed by atoms with Crippen molar-refractivity contribution in [1.82, 2.24) is 19.9 Å². The van der Waals surface area contributed by atoms with Crippen LogP contribution in [0.15, 0.2) is 90.1 Å². The second kappa shape index (κ2) is 18.5. The van der Waals surface area contributed by atoms with E-state index in [1.54, 1.807) is 21.9 Å². The summed E-state index contributed by atoms with van der Waals surface area (Å²) in [4.78, 5) is 22.5. The molecule has 4 aliphatic rings. The van der Waals surface area contributed by atoms with Gasteiger partial charge in [0.1, 0.15) is 44.0 Å². The van der Waals surface area contributed by atoms with E-state index < -0.39 is 67.9 Å². The van der Waals surface area contributed by atoms with Crippen molar-refractivity contribution in [3.8, 4) is 28.7 Å². The van der Waals surface area contributed by atoms with Crippen molar-refractivity contribution >= 4 is 47.0 Å². The number of benzene rings is 4. The van der Waals surface area contributed by atoms with Gasteiger partial charge in [0, 0.05) is 53.7 Å². The van der Waals surface area contributed by atoms with Crippen LogP contribution in [0.1, 0.15) is 80.2 Å². The molecule has 14 heteroatoms. The molecule has 8 nitrogen and oxygen atoms in total. The third-order valence-corrected chi connectivity index (χ3v) is 21.3. The average Bonchev–Trinajstić information content (AvgIpc) is 3.70. The number of alkyl halides is 2. The lowest BCUT2D eigenvalue weighted by Crippen LogP contribution is -2.43. The van der Waals surface area contributed by atoms with Crippen LogP contribution < -0.4 is 9.64 Å². The van der Waals surface area contributed by atoms with Gasteiger partial charge in [0.15, 0.2) is 17.5 Å². The Morgan fingerprint density at radius 1 is 0.928 bits per heavy atom. The van der Waals surface area contributed by atoms with Crippen LogP contribution in [-0.2, 0) is 4.74 Å². The molecular formula is C55H57F5N6O2Si. The number of aliphatic imine (C=N–C) groups is 1. The van der Waals surface area contributed by atoms with Crippen molar-refractivity contribution in [1.29, 1.82) is 0 Å². The molecule has 358 valence electrons. The molecule has 1 aliphatic carbocycles. The van der Waals surface area contributed by atoms with Crippen LogP contribution in [0.25, 0.3) is 32.9 Å². The molecule has 0 bridgehead atoms. The zero-order chi connectivity index (χ0) is 50.1. The van der Waals surface area contributed by atoms with Crippen LogP contribution in [0.4, 0.5) is 33.5 Å². The maximum absolute atomic E-state index is 18.3. The summed E-state index contributed by atoms with van der Waals surface area (Å²) in [5, 5.41) is 0.382. The van der Waals surface area contributed by atoms with Gasteiger partial charge in [-0.3, -0.25) is 9.88 Å². The van der Waals surface area contributed by atoms with E-state index >= 15 is 22.0 Å². The van der Waals surface area contributed by atoms with Crippen LogP contribution in [-0.4, -0.2) is 97.0 Å². The maximum atomic E-state index is 18.3. The van der Waals surface area contributed by atoms with E-state index in [0.717, 1.165) is 17.2 Å². The van der Waals surface area contributed by atoms with Gasteiger partial charge >= 0.3 is 6.01 Å². The monoisotopic (exact) mass is 958 g/mol. The lowest BCUT2D eigenvalue weighted by molar-refractivity contribution is 0.107. The van der Waals surface area contributed by atoms with Crippen molar-refractivity contribution in [3.05, 3.63) is 119 Å². The number of fused-ring (bicyclic) bond motifs is 4. The summed E-state index contributed by atoms with van der Waals surface area (Å²) in [6, 6.07) is 22.0. The van der Waals surface area contributed by atoms with E-state index in [1.807, 2.05) is 60.7 Å². The molecule has 3 saturated heterocycles. The number of ether oxygens (including phenoxy) is 2. The molecule has 10 rings (SSSR count). The van der Waals surface area contributed by atoms with Gasteiger partial charge in [0.05, 0.1) is 49.9 Å². The van der Waals surface area contributed by atoms with E-state index in [4.69, 9.17) is 19.5 Å². The minimum Gasteiger partial charge on any atom is -0.461 e. The van der Waals surface area contributed by atoms with Gasteiger partial charge in [-0.25, -0.2) is 26.9 Å². The number of pyridine rings is 1. The lowest BCUT2D eigenvalue weighted by Gasteiger charge is -2.38. The Kier molecular flexibility index (Phi) is 11.9. The molecule has 6 aromatic rings. The van der Waals surface area contributed by atoms with E-state index in [-0.39, 0.29) is 99.3 Å². The highest BCUT2D eigenvalue weighted by Crippen LogP contribution is 2.47. The fourth-order valence-electron chi connectivity index (χ4n) is 11.6. The third-order valence-electron chi connectivity index (χ3n) is 15.0. The molecule has 5 atom stereocenters. The van der Waals surface area contributed by atoms with Crippen LogP contribution in [0.5, 0.6) is 6.01 Å². The lowest BCUT2D eigenvalue weighted by atomic mass is 9.94. The molecule has 5 heterocycles. The number of rotatable bonds is 11. The summed E-state index contributed by atoms with van der Waals surface area (Å²) in [6.45, 7) is 11.2. The SMILES string of the molecule is [2H]C([2H])(Oc1nc(N2CCOC[C@H]3[C@H](F)[C@H]32)c2cnc(-c3cc(N=C(c4ccccc4)c4ccccc4)cc4cc(F)c(F)c(C#C[Si](C(C)C)(C(C)C)C(C)C)c34)c(F)c2n1)[C@@]12CCCN1C[C@H](F)C2. The molecule has 0 spiro atoms. The predicted octanol–water partition coefficient (Wildman–Crippen LogP) is 12.1. The molecule has 0 amide bonds. The Labute approximate surface area is 404 Å². The van der Waals surface area contributed by atoms with E-state index in [9.17, 15) is 2.74 Å². The van der Waals surface area contributed by atoms with E-state index in [2.05, 4.69) is 63.0 Å². The number of hydrogen-bond acceptors (Lipinski definition) is 8. The van der Waals surface area contributed by atoms with Crippen LogP contribution >= 0.6 is 0 Å². The van der Waals surface area contributed by atoms with Crippen LogP contribution in [0.3, 0.4) is 0 Å². The summed E-state index contributed by atoms with van der Waals surface area (Å²) in [7, 11) is -2.56. The Morgan fingerprint density at radius 2 is 1.62 bits per heavy atom. The standard InChI is InChI=1S/C55H57F5N6O2Si/c1-32(2)69(33(3)4,34(5)6)23-18-40-45-37(25-44(57)46(40)58)24-39(62-49(35-14-9-7-10-15-35)36-16-11-8-12-17-36)26-41(45)50-48(60)51-42(28-61-50)53(66-21-22-67-30-43-47(59)52(43)66)64-54(63-51)68-31-55-19-13-20-65(55)29-38(56)27-55/h7-12,14-17,24-26,28,32-34,38,43,47,52H,13,19-22,27,29-31H2,1-6H3/t38-,43+,47+,52+,55+/m1/s1/i31D2. The first kappa shape index (κ1) is 44.5. The van der Waals surface area contributed by atoms with Gasteiger partial charge in [-0.15, -0.1) is 5.54 Å². The van der Waals surface area contributed by atoms with E-state index in [1.165, 1.54) is 6.20 Å². The summed E-state index contributed by atoms with van der Waals surface area (Å²) in [6.07, 6.45) is -0.360. The molecule has 4 aromatic carbocycles. The fraction of sp³-hybridized carbons (Fsp3) is 0.418. The Hall–Kier alpha value is -5.75. The highest BCUT2D eigenvalue weighted by Gasteiger charge is 2.57. The summed E-state index contributed by atoms with van der Waals surface area (Å²) >= 11 is 0. The molecular weight excluding hydrogens is 900 g/mol. The van der Waals surface area contributed by atoms with Gasteiger partial charge in [0.25, 0.3) is 0 Å². The summed E-state index contributed by atoms with van der Waals surface area (Å²) in [5.74, 6) is -0.605. The molecule has 0 N–H and O–H groups in total. The Balaban J connectivity index is 1.24. The minimum absolute atomic E-state index is 0.0443. The molecule has 69 heavy (non-hydrogen) atoms. The van der Waals surface area contributed by atoms with Crippen molar-refractivity contribution in [2.45, 2.75) is 101 Å². The highest BCUT2D eigenvalue weighted by atomic mass is 28.3. The molecule has 2 aromatic heterocycles. The highest BCUT2D eigenvalue weighted by molar-refractivity contribution is 6.90. The minimum atomic E-state index is -2.56. The number of nitrogens with zero attached hydrogens (tertiary/aromatic N) is 6. The first-order valence-corrected chi connectivity index (χ1v) is 26.3. The second-order valence-corrected chi connectivity index (χ2v) is 25.5. The molecule has 4 fully saturated rings. The number of anilines is 1.